The summed E-state index contributed by atoms with van der Waals surface area (Å²) in [4.78, 5) is 22.9. The second kappa shape index (κ2) is 7.48. The number of carbonyl (C=O) groups excluding carboxylic acids is 1. The molecular weight excluding hydrogens is 254 g/mol. The summed E-state index contributed by atoms with van der Waals surface area (Å²) in [5.74, 6) is -1.74. The third-order valence-electron chi connectivity index (χ3n) is 3.38. The maximum atomic E-state index is 11.6. The lowest BCUT2D eigenvalue weighted by molar-refractivity contribution is -0.141. The van der Waals surface area contributed by atoms with Gasteiger partial charge in [-0.1, -0.05) is 30.3 Å². The summed E-state index contributed by atoms with van der Waals surface area (Å²) >= 11 is 0. The lowest BCUT2D eigenvalue weighted by Gasteiger charge is -2.15. The minimum absolute atomic E-state index is 0.133. The minimum atomic E-state index is -0.897. The molecule has 0 bridgehead atoms. The van der Waals surface area contributed by atoms with Gasteiger partial charge in [-0.05, 0) is 38.3 Å². The number of aliphatic carboxylic acids is 1. The van der Waals surface area contributed by atoms with E-state index in [4.69, 9.17) is 0 Å². The zero-order chi connectivity index (χ0) is 15.1. The van der Waals surface area contributed by atoms with Gasteiger partial charge in [-0.3, -0.25) is 9.59 Å². The van der Waals surface area contributed by atoms with Crippen molar-refractivity contribution >= 4 is 11.9 Å². The SMILES string of the molecule is C/C=C(\C)C(=O)NC[C@@H](Cc1ccccc1C)C(=O)O. The molecule has 2 N–H and O–H groups in total. The third-order valence-corrected chi connectivity index (χ3v) is 3.38. The van der Waals surface area contributed by atoms with Crippen LogP contribution in [0.5, 0.6) is 0 Å². The third kappa shape index (κ3) is 4.53. The Kier molecular flexibility index (Phi) is 5.97. The van der Waals surface area contributed by atoms with E-state index < -0.39 is 11.9 Å². The van der Waals surface area contributed by atoms with Crippen molar-refractivity contribution in [2.75, 3.05) is 6.54 Å². The minimum Gasteiger partial charge on any atom is -0.481 e. The van der Waals surface area contributed by atoms with Crippen LogP contribution in [0.3, 0.4) is 0 Å². The number of carbonyl (C=O) groups is 2. The van der Waals surface area contributed by atoms with Crippen molar-refractivity contribution in [3.05, 3.63) is 47.0 Å². The first-order valence-corrected chi connectivity index (χ1v) is 6.64. The molecule has 0 aliphatic carbocycles. The van der Waals surface area contributed by atoms with E-state index in [0.717, 1.165) is 11.1 Å². The smallest absolute Gasteiger partial charge is 0.308 e. The lowest BCUT2D eigenvalue weighted by Crippen LogP contribution is -2.34. The van der Waals surface area contributed by atoms with E-state index in [-0.39, 0.29) is 12.5 Å². The molecule has 4 nitrogen and oxygen atoms in total. The second-order valence-electron chi connectivity index (χ2n) is 4.85. The maximum Gasteiger partial charge on any atom is 0.308 e. The van der Waals surface area contributed by atoms with Gasteiger partial charge in [-0.2, -0.15) is 0 Å². The van der Waals surface area contributed by atoms with Crippen LogP contribution in [0.4, 0.5) is 0 Å². The van der Waals surface area contributed by atoms with E-state index in [0.29, 0.717) is 12.0 Å². The van der Waals surface area contributed by atoms with E-state index in [1.807, 2.05) is 31.2 Å². The highest BCUT2D eigenvalue weighted by Gasteiger charge is 2.19. The van der Waals surface area contributed by atoms with Crippen LogP contribution in [0.2, 0.25) is 0 Å². The van der Waals surface area contributed by atoms with Crippen molar-refractivity contribution in [3.8, 4) is 0 Å². The van der Waals surface area contributed by atoms with Gasteiger partial charge in [-0.25, -0.2) is 0 Å². The molecule has 0 saturated carbocycles. The summed E-state index contributed by atoms with van der Waals surface area (Å²) in [5.41, 5.74) is 2.65. The molecule has 0 fully saturated rings. The molecule has 0 aliphatic rings. The predicted octanol–water partition coefficient (Wildman–Crippen LogP) is 2.32. The number of aryl methyl sites for hydroxylation is 1. The van der Waals surface area contributed by atoms with Gasteiger partial charge in [0.2, 0.25) is 5.91 Å². The molecule has 4 heteroatoms. The van der Waals surface area contributed by atoms with Gasteiger partial charge in [0.1, 0.15) is 0 Å². The number of allylic oxidation sites excluding steroid dienone is 1. The Morgan fingerprint density at radius 2 is 2.00 bits per heavy atom. The van der Waals surface area contributed by atoms with E-state index in [9.17, 15) is 14.7 Å². The molecule has 1 rings (SSSR count). The molecule has 0 unspecified atom stereocenters. The van der Waals surface area contributed by atoms with Gasteiger partial charge in [0.25, 0.3) is 0 Å². The van der Waals surface area contributed by atoms with Crippen LogP contribution < -0.4 is 5.32 Å². The Morgan fingerprint density at radius 1 is 1.35 bits per heavy atom. The molecule has 1 aromatic rings. The molecule has 0 aromatic heterocycles. The highest BCUT2D eigenvalue weighted by Crippen LogP contribution is 2.13. The molecule has 0 spiro atoms. The van der Waals surface area contributed by atoms with Crippen molar-refractivity contribution in [3.63, 3.8) is 0 Å². The first kappa shape index (κ1) is 16.0. The molecule has 1 aromatic carbocycles. The predicted molar refractivity (Wildman–Crippen MR) is 78.4 cm³/mol. The quantitative estimate of drug-likeness (QED) is 0.783. The van der Waals surface area contributed by atoms with Crippen LogP contribution in [0.15, 0.2) is 35.9 Å². The molecule has 0 aliphatic heterocycles. The monoisotopic (exact) mass is 275 g/mol. The van der Waals surface area contributed by atoms with E-state index >= 15 is 0 Å². The van der Waals surface area contributed by atoms with Crippen LogP contribution in [0.25, 0.3) is 0 Å². The molecule has 108 valence electrons. The molecular formula is C16H21NO3. The van der Waals surface area contributed by atoms with Gasteiger partial charge in [-0.15, -0.1) is 0 Å². The van der Waals surface area contributed by atoms with Crippen LogP contribution in [0.1, 0.15) is 25.0 Å². The van der Waals surface area contributed by atoms with Crippen molar-refractivity contribution in [1.29, 1.82) is 0 Å². The number of carboxylic acid groups (broad SMARTS) is 1. The van der Waals surface area contributed by atoms with Crippen molar-refractivity contribution in [2.45, 2.75) is 27.2 Å². The fraction of sp³-hybridized carbons (Fsp3) is 0.375. The molecule has 0 heterocycles. The summed E-state index contributed by atoms with van der Waals surface area (Å²) < 4.78 is 0. The maximum absolute atomic E-state index is 11.6. The Morgan fingerprint density at radius 3 is 2.55 bits per heavy atom. The van der Waals surface area contributed by atoms with Crippen molar-refractivity contribution in [1.82, 2.24) is 5.32 Å². The fourth-order valence-corrected chi connectivity index (χ4v) is 1.84. The summed E-state index contributed by atoms with van der Waals surface area (Å²) in [5, 5.41) is 11.9. The summed E-state index contributed by atoms with van der Waals surface area (Å²) in [7, 11) is 0. The molecule has 0 saturated heterocycles. The van der Waals surface area contributed by atoms with Gasteiger partial charge in [0, 0.05) is 12.1 Å². The van der Waals surface area contributed by atoms with Crippen molar-refractivity contribution in [2.24, 2.45) is 5.92 Å². The Bertz CT molecular complexity index is 520. The molecule has 20 heavy (non-hydrogen) atoms. The zero-order valence-corrected chi connectivity index (χ0v) is 12.1. The standard InChI is InChI=1S/C16H21NO3/c1-4-11(2)15(18)17-10-14(16(19)20)9-13-8-6-5-7-12(13)3/h4-8,14H,9-10H2,1-3H3,(H,17,18)(H,19,20)/b11-4+/t14-/m1/s1. The molecule has 0 radical (unpaired) electrons. The Balaban J connectivity index is 2.69. The van der Waals surface area contributed by atoms with Gasteiger partial charge in [0.15, 0.2) is 0 Å². The highest BCUT2D eigenvalue weighted by atomic mass is 16.4. The van der Waals surface area contributed by atoms with E-state index in [1.165, 1.54) is 0 Å². The van der Waals surface area contributed by atoms with Crippen molar-refractivity contribution < 1.29 is 14.7 Å². The fourth-order valence-electron chi connectivity index (χ4n) is 1.84. The summed E-state index contributed by atoms with van der Waals surface area (Å²) in [6.07, 6.45) is 2.11. The lowest BCUT2D eigenvalue weighted by atomic mass is 9.96. The van der Waals surface area contributed by atoms with Crippen LogP contribution in [-0.2, 0) is 16.0 Å². The van der Waals surface area contributed by atoms with Crippen LogP contribution in [0, 0.1) is 12.8 Å². The average molecular weight is 275 g/mol. The number of nitrogens with one attached hydrogen (secondary N) is 1. The van der Waals surface area contributed by atoms with E-state index in [1.54, 1.807) is 19.9 Å². The number of hydrogen-bond acceptors (Lipinski definition) is 2. The zero-order valence-electron chi connectivity index (χ0n) is 12.1. The Labute approximate surface area is 119 Å². The largest absolute Gasteiger partial charge is 0.481 e. The second-order valence-corrected chi connectivity index (χ2v) is 4.85. The number of benzene rings is 1. The first-order valence-electron chi connectivity index (χ1n) is 6.64. The van der Waals surface area contributed by atoms with Gasteiger partial charge >= 0.3 is 5.97 Å². The number of carboxylic acids is 1. The van der Waals surface area contributed by atoms with E-state index in [2.05, 4.69) is 5.32 Å². The molecule has 1 atom stereocenters. The highest BCUT2D eigenvalue weighted by molar-refractivity contribution is 5.92. The first-order chi connectivity index (χ1) is 9.45. The van der Waals surface area contributed by atoms with Crippen LogP contribution >= 0.6 is 0 Å². The normalized spacial score (nSPS) is 12.8. The number of hydrogen-bond donors (Lipinski definition) is 2. The van der Waals surface area contributed by atoms with Gasteiger partial charge in [0.05, 0.1) is 5.92 Å². The summed E-state index contributed by atoms with van der Waals surface area (Å²) in [6.45, 7) is 5.56. The summed E-state index contributed by atoms with van der Waals surface area (Å²) in [6, 6.07) is 7.69. The average Bonchev–Trinajstić information content (AvgIpc) is 2.43. The topological polar surface area (TPSA) is 66.4 Å². The van der Waals surface area contributed by atoms with Crippen LogP contribution in [-0.4, -0.2) is 23.5 Å². The van der Waals surface area contributed by atoms with Gasteiger partial charge < -0.3 is 10.4 Å². The Hall–Kier alpha value is -2.10. The number of amides is 1. The number of rotatable bonds is 6. The molecule has 1 amide bonds.